The molecular formula is C26H44O2. The third-order valence-corrected chi connectivity index (χ3v) is 5.45. The molecule has 0 heterocycles. The van der Waals surface area contributed by atoms with Gasteiger partial charge in [-0.15, -0.1) is 0 Å². The summed E-state index contributed by atoms with van der Waals surface area (Å²) < 4.78 is 5.33. The van der Waals surface area contributed by atoms with Crippen LogP contribution in [0.4, 0.5) is 0 Å². The Balaban J connectivity index is 1.74. The van der Waals surface area contributed by atoms with Crippen LogP contribution in [0.1, 0.15) is 115 Å². The van der Waals surface area contributed by atoms with Crippen molar-refractivity contribution < 1.29 is 9.53 Å². The van der Waals surface area contributed by atoms with Crippen molar-refractivity contribution in [1.29, 1.82) is 0 Å². The van der Waals surface area contributed by atoms with Gasteiger partial charge in [0.2, 0.25) is 0 Å². The van der Waals surface area contributed by atoms with E-state index in [-0.39, 0.29) is 5.97 Å². The van der Waals surface area contributed by atoms with Crippen LogP contribution in [0.5, 0.6) is 0 Å². The van der Waals surface area contributed by atoms with E-state index in [2.05, 4.69) is 6.92 Å². The van der Waals surface area contributed by atoms with Crippen LogP contribution < -0.4 is 0 Å². The zero-order chi connectivity index (χ0) is 20.1. The number of unbranched alkanes of at least 4 members (excludes halogenated alkanes) is 15. The average molecular weight is 389 g/mol. The molecule has 0 aromatic heterocycles. The SMILES string of the molecule is CCCCCCCCCCCCCCCCCCOC(=O)Cc1ccccc1. The zero-order valence-corrected chi connectivity index (χ0v) is 18.4. The minimum absolute atomic E-state index is 0.104. The Labute approximate surface area is 174 Å². The fourth-order valence-corrected chi connectivity index (χ4v) is 3.65. The quantitative estimate of drug-likeness (QED) is 0.177. The van der Waals surface area contributed by atoms with E-state index in [4.69, 9.17) is 4.74 Å². The van der Waals surface area contributed by atoms with E-state index in [0.717, 1.165) is 12.0 Å². The second-order valence-electron chi connectivity index (χ2n) is 8.19. The molecule has 0 atom stereocenters. The first-order valence-corrected chi connectivity index (χ1v) is 12.0. The minimum atomic E-state index is -0.104. The lowest BCUT2D eigenvalue weighted by molar-refractivity contribution is -0.142. The van der Waals surface area contributed by atoms with Crippen LogP contribution in [0.2, 0.25) is 0 Å². The van der Waals surface area contributed by atoms with Crippen molar-refractivity contribution in [3.05, 3.63) is 35.9 Å². The lowest BCUT2D eigenvalue weighted by Crippen LogP contribution is -2.08. The van der Waals surface area contributed by atoms with E-state index in [1.54, 1.807) is 0 Å². The second kappa shape index (κ2) is 19.0. The standard InChI is InChI=1S/C26H44O2/c1-2-3-4-5-6-7-8-9-10-11-12-13-14-15-16-20-23-28-26(27)24-25-21-18-17-19-22-25/h17-19,21-22H,2-16,20,23-24H2,1H3. The monoisotopic (exact) mass is 388 g/mol. The summed E-state index contributed by atoms with van der Waals surface area (Å²) in [5, 5.41) is 0. The molecule has 2 nitrogen and oxygen atoms in total. The molecule has 0 aliphatic carbocycles. The van der Waals surface area contributed by atoms with Crippen LogP contribution in [-0.2, 0) is 16.0 Å². The Kier molecular flexibility index (Phi) is 16.8. The van der Waals surface area contributed by atoms with Crippen LogP contribution in [0, 0.1) is 0 Å². The highest BCUT2D eigenvalue weighted by Gasteiger charge is 2.03. The number of rotatable bonds is 19. The molecule has 0 bridgehead atoms. The molecule has 0 saturated heterocycles. The third kappa shape index (κ3) is 15.7. The summed E-state index contributed by atoms with van der Waals surface area (Å²) in [6.07, 6.45) is 22.2. The molecule has 1 aromatic carbocycles. The van der Waals surface area contributed by atoms with Crippen LogP contribution in [0.3, 0.4) is 0 Å². The molecule has 0 saturated carbocycles. The summed E-state index contributed by atoms with van der Waals surface area (Å²) in [4.78, 5) is 11.8. The van der Waals surface area contributed by atoms with Gasteiger partial charge in [-0.25, -0.2) is 0 Å². The molecule has 28 heavy (non-hydrogen) atoms. The lowest BCUT2D eigenvalue weighted by Gasteiger charge is -2.05. The van der Waals surface area contributed by atoms with Gasteiger partial charge < -0.3 is 4.74 Å². The Morgan fingerprint density at radius 1 is 0.643 bits per heavy atom. The first-order valence-electron chi connectivity index (χ1n) is 12.0. The Bertz CT molecular complexity index is 455. The molecular weight excluding hydrogens is 344 g/mol. The third-order valence-electron chi connectivity index (χ3n) is 5.45. The summed E-state index contributed by atoms with van der Waals surface area (Å²) in [6, 6.07) is 9.81. The number of carbonyl (C=O) groups is 1. The average Bonchev–Trinajstić information content (AvgIpc) is 2.71. The van der Waals surface area contributed by atoms with E-state index < -0.39 is 0 Å². The van der Waals surface area contributed by atoms with Crippen LogP contribution in [0.25, 0.3) is 0 Å². The number of esters is 1. The Hall–Kier alpha value is -1.31. The summed E-state index contributed by atoms with van der Waals surface area (Å²) in [7, 11) is 0. The van der Waals surface area contributed by atoms with Gasteiger partial charge in [0.1, 0.15) is 0 Å². The Morgan fingerprint density at radius 3 is 1.54 bits per heavy atom. The smallest absolute Gasteiger partial charge is 0.310 e. The maximum atomic E-state index is 11.8. The maximum Gasteiger partial charge on any atom is 0.310 e. The molecule has 160 valence electrons. The van der Waals surface area contributed by atoms with Gasteiger partial charge in [-0.2, -0.15) is 0 Å². The molecule has 0 radical (unpaired) electrons. The molecule has 0 unspecified atom stereocenters. The molecule has 0 aliphatic rings. The fraction of sp³-hybridized carbons (Fsp3) is 0.731. The van der Waals surface area contributed by atoms with Crippen molar-refractivity contribution in [1.82, 2.24) is 0 Å². The second-order valence-corrected chi connectivity index (χ2v) is 8.19. The van der Waals surface area contributed by atoms with Gasteiger partial charge in [0.05, 0.1) is 13.0 Å². The van der Waals surface area contributed by atoms with Crippen LogP contribution >= 0.6 is 0 Å². The maximum absolute atomic E-state index is 11.8. The molecule has 1 rings (SSSR count). The number of benzene rings is 1. The molecule has 0 aliphatic heterocycles. The summed E-state index contributed by atoms with van der Waals surface area (Å²) in [6.45, 7) is 2.86. The van der Waals surface area contributed by atoms with Crippen molar-refractivity contribution in [2.75, 3.05) is 6.61 Å². The van der Waals surface area contributed by atoms with E-state index in [1.165, 1.54) is 96.3 Å². The number of carbonyl (C=O) groups excluding carboxylic acids is 1. The summed E-state index contributed by atoms with van der Waals surface area (Å²) in [5.74, 6) is -0.104. The minimum Gasteiger partial charge on any atom is -0.465 e. The van der Waals surface area contributed by atoms with Gasteiger partial charge in [-0.3, -0.25) is 4.79 Å². The lowest BCUT2D eigenvalue weighted by atomic mass is 10.0. The van der Waals surface area contributed by atoms with Crippen molar-refractivity contribution in [3.63, 3.8) is 0 Å². The molecule has 2 heteroatoms. The number of hydrogen-bond acceptors (Lipinski definition) is 2. The van der Waals surface area contributed by atoms with Gasteiger partial charge >= 0.3 is 5.97 Å². The molecule has 1 aromatic rings. The molecule has 0 amide bonds. The highest BCUT2D eigenvalue weighted by Crippen LogP contribution is 2.13. The van der Waals surface area contributed by atoms with Gasteiger partial charge in [0, 0.05) is 0 Å². The van der Waals surface area contributed by atoms with Gasteiger partial charge in [-0.05, 0) is 12.0 Å². The molecule has 0 fully saturated rings. The molecule has 0 spiro atoms. The predicted octanol–water partition coefficient (Wildman–Crippen LogP) is 8.03. The van der Waals surface area contributed by atoms with E-state index in [1.807, 2.05) is 30.3 Å². The number of ether oxygens (including phenoxy) is 1. The van der Waals surface area contributed by atoms with Crippen LogP contribution in [-0.4, -0.2) is 12.6 Å². The van der Waals surface area contributed by atoms with Crippen molar-refractivity contribution in [2.24, 2.45) is 0 Å². The molecule has 0 N–H and O–H groups in total. The van der Waals surface area contributed by atoms with E-state index in [0.29, 0.717) is 13.0 Å². The zero-order valence-electron chi connectivity index (χ0n) is 18.4. The predicted molar refractivity (Wildman–Crippen MR) is 121 cm³/mol. The van der Waals surface area contributed by atoms with Gasteiger partial charge in [0.25, 0.3) is 0 Å². The largest absolute Gasteiger partial charge is 0.465 e. The highest BCUT2D eigenvalue weighted by atomic mass is 16.5. The normalized spacial score (nSPS) is 10.9. The number of hydrogen-bond donors (Lipinski definition) is 0. The Morgan fingerprint density at radius 2 is 1.07 bits per heavy atom. The topological polar surface area (TPSA) is 26.3 Å². The summed E-state index contributed by atoms with van der Waals surface area (Å²) in [5.41, 5.74) is 1.03. The van der Waals surface area contributed by atoms with Gasteiger partial charge in [0.15, 0.2) is 0 Å². The van der Waals surface area contributed by atoms with Gasteiger partial charge in [-0.1, -0.05) is 134 Å². The first-order chi connectivity index (χ1) is 13.8. The van der Waals surface area contributed by atoms with E-state index >= 15 is 0 Å². The highest BCUT2D eigenvalue weighted by molar-refractivity contribution is 5.72. The summed E-state index contributed by atoms with van der Waals surface area (Å²) >= 11 is 0. The van der Waals surface area contributed by atoms with Crippen molar-refractivity contribution in [3.8, 4) is 0 Å². The fourth-order valence-electron chi connectivity index (χ4n) is 3.65. The van der Waals surface area contributed by atoms with E-state index in [9.17, 15) is 4.79 Å². The van der Waals surface area contributed by atoms with Crippen molar-refractivity contribution in [2.45, 2.75) is 116 Å². The van der Waals surface area contributed by atoms with Crippen molar-refractivity contribution >= 4 is 5.97 Å². The van der Waals surface area contributed by atoms with Crippen LogP contribution in [0.15, 0.2) is 30.3 Å². The first kappa shape index (κ1) is 24.7.